The number of nitrogens with zero attached hydrogens (tertiary/aromatic N) is 2. The lowest BCUT2D eigenvalue weighted by molar-refractivity contribution is 0.409. The molecule has 0 aliphatic carbocycles. The summed E-state index contributed by atoms with van der Waals surface area (Å²) in [6.07, 6.45) is 1.51. The zero-order valence-corrected chi connectivity index (χ0v) is 11.8. The van der Waals surface area contributed by atoms with Gasteiger partial charge in [0.1, 0.15) is 0 Å². The quantitative estimate of drug-likeness (QED) is 0.889. The number of aromatic nitrogens is 1. The normalized spacial score (nSPS) is 11.7. The van der Waals surface area contributed by atoms with E-state index in [0.29, 0.717) is 5.01 Å². The fourth-order valence-electron chi connectivity index (χ4n) is 1.42. The van der Waals surface area contributed by atoms with Crippen LogP contribution < -0.4 is 4.31 Å². The number of hydrogen-bond acceptors (Lipinski definition) is 7. The van der Waals surface area contributed by atoms with Gasteiger partial charge in [0.25, 0.3) is 5.88 Å². The Labute approximate surface area is 113 Å². The smallest absolute Gasteiger partial charge is 0.256 e. The average Bonchev–Trinajstić information content (AvgIpc) is 2.99. The van der Waals surface area contributed by atoms with Gasteiger partial charge >= 0.3 is 0 Å². The van der Waals surface area contributed by atoms with Crippen LogP contribution in [0.25, 0.3) is 10.8 Å². The van der Waals surface area contributed by atoms with Crippen LogP contribution >= 0.6 is 11.3 Å². The molecule has 2 aromatic rings. The van der Waals surface area contributed by atoms with Gasteiger partial charge < -0.3 is 14.6 Å². The third-order valence-corrected chi connectivity index (χ3v) is 5.04. The molecular weight excluding hydrogens is 292 g/mol. The largest absolute Gasteiger partial charge is 0.501 e. The molecule has 0 saturated heterocycles. The highest BCUT2D eigenvalue weighted by atomic mass is 32.2. The van der Waals surface area contributed by atoms with E-state index in [1.165, 1.54) is 31.5 Å². The van der Waals surface area contributed by atoms with E-state index in [-0.39, 0.29) is 17.4 Å². The van der Waals surface area contributed by atoms with Crippen LogP contribution in [-0.4, -0.2) is 36.4 Å². The van der Waals surface area contributed by atoms with Gasteiger partial charge in [0.05, 0.1) is 5.75 Å². The first-order valence-electron chi connectivity index (χ1n) is 5.29. The Morgan fingerprint density at radius 3 is 2.63 bits per heavy atom. The molecule has 0 aromatic carbocycles. The molecule has 2 N–H and O–H groups in total. The summed E-state index contributed by atoms with van der Waals surface area (Å²) in [5.41, 5.74) is 0. The van der Waals surface area contributed by atoms with E-state index in [9.17, 15) is 18.6 Å². The van der Waals surface area contributed by atoms with Gasteiger partial charge in [-0.2, -0.15) is 0 Å². The highest BCUT2D eigenvalue weighted by molar-refractivity contribution is 7.92. The number of hydrogen-bond donors (Lipinski definition) is 2. The Kier molecular flexibility index (Phi) is 3.42. The molecule has 0 bridgehead atoms. The minimum absolute atomic E-state index is 0.0550. The SMILES string of the molecule is CCS(=O)(=O)N(C)c1oc(-c2nccs2)c(O)c1O. The Hall–Kier alpha value is -1.74. The molecule has 0 spiro atoms. The van der Waals surface area contributed by atoms with E-state index in [0.717, 1.165) is 4.31 Å². The van der Waals surface area contributed by atoms with Crippen LogP contribution in [0.5, 0.6) is 11.5 Å². The molecule has 0 saturated carbocycles. The van der Waals surface area contributed by atoms with Crippen molar-refractivity contribution < 1.29 is 23.0 Å². The summed E-state index contributed by atoms with van der Waals surface area (Å²) >= 11 is 1.19. The van der Waals surface area contributed by atoms with E-state index in [1.807, 2.05) is 0 Å². The molecule has 0 radical (unpaired) electrons. The number of rotatable bonds is 4. The van der Waals surface area contributed by atoms with Gasteiger partial charge in [-0.3, -0.25) is 0 Å². The summed E-state index contributed by atoms with van der Waals surface area (Å²) in [6.45, 7) is 1.47. The first-order valence-corrected chi connectivity index (χ1v) is 7.78. The number of thiazole rings is 1. The topological polar surface area (TPSA) is 104 Å². The molecule has 104 valence electrons. The number of furan rings is 1. The van der Waals surface area contributed by atoms with Gasteiger partial charge in [-0.25, -0.2) is 17.7 Å². The maximum absolute atomic E-state index is 11.7. The number of anilines is 1. The maximum Gasteiger partial charge on any atom is 0.256 e. The summed E-state index contributed by atoms with van der Waals surface area (Å²) < 4.78 is 29.5. The molecular formula is C10H12N2O5S2. The minimum Gasteiger partial charge on any atom is -0.501 e. The summed E-state index contributed by atoms with van der Waals surface area (Å²) in [5, 5.41) is 21.6. The molecule has 0 aliphatic rings. The lowest BCUT2D eigenvalue weighted by Gasteiger charge is -2.14. The van der Waals surface area contributed by atoms with Crippen molar-refractivity contribution in [3.05, 3.63) is 11.6 Å². The van der Waals surface area contributed by atoms with Gasteiger partial charge in [0, 0.05) is 18.6 Å². The van der Waals surface area contributed by atoms with E-state index in [1.54, 1.807) is 5.38 Å². The highest BCUT2D eigenvalue weighted by Crippen LogP contribution is 2.47. The zero-order chi connectivity index (χ0) is 14.2. The summed E-state index contributed by atoms with van der Waals surface area (Å²) in [4.78, 5) is 3.93. The molecule has 2 aromatic heterocycles. The maximum atomic E-state index is 11.7. The van der Waals surface area contributed by atoms with E-state index in [2.05, 4.69) is 4.98 Å². The van der Waals surface area contributed by atoms with Crippen molar-refractivity contribution in [2.75, 3.05) is 17.1 Å². The molecule has 0 unspecified atom stereocenters. The van der Waals surface area contributed by atoms with Gasteiger partial charge in [-0.15, -0.1) is 11.3 Å². The molecule has 19 heavy (non-hydrogen) atoms. The van der Waals surface area contributed by atoms with Crippen molar-refractivity contribution in [1.29, 1.82) is 0 Å². The second-order valence-corrected chi connectivity index (χ2v) is 6.82. The van der Waals surface area contributed by atoms with Crippen LogP contribution in [0.3, 0.4) is 0 Å². The molecule has 0 aliphatic heterocycles. The average molecular weight is 304 g/mol. The fourth-order valence-corrected chi connectivity index (χ4v) is 2.80. The second-order valence-electron chi connectivity index (χ2n) is 3.64. The fraction of sp³-hybridized carbons (Fsp3) is 0.300. The number of aromatic hydroxyl groups is 2. The van der Waals surface area contributed by atoms with Crippen molar-refractivity contribution in [3.63, 3.8) is 0 Å². The van der Waals surface area contributed by atoms with E-state index < -0.39 is 21.5 Å². The third-order valence-electron chi connectivity index (χ3n) is 2.54. The van der Waals surface area contributed by atoms with Crippen molar-refractivity contribution in [2.45, 2.75) is 6.92 Å². The number of sulfonamides is 1. The van der Waals surface area contributed by atoms with Crippen molar-refractivity contribution >= 4 is 27.2 Å². The Balaban J connectivity index is 2.53. The summed E-state index contributed by atoms with van der Waals surface area (Å²) in [5.74, 6) is -1.69. The van der Waals surface area contributed by atoms with Crippen LogP contribution in [0.4, 0.5) is 5.88 Å². The summed E-state index contributed by atoms with van der Waals surface area (Å²) in [7, 11) is -2.36. The standard InChI is InChI=1S/C10H12N2O5S2/c1-3-19(15,16)12(2)10-7(14)6(13)8(17-10)9-11-4-5-18-9/h4-5,13-14H,3H2,1-2H3. The van der Waals surface area contributed by atoms with E-state index in [4.69, 9.17) is 4.42 Å². The summed E-state index contributed by atoms with van der Waals surface area (Å²) in [6, 6.07) is 0. The monoisotopic (exact) mass is 304 g/mol. The van der Waals surface area contributed by atoms with E-state index >= 15 is 0 Å². The molecule has 0 amide bonds. The molecule has 2 heterocycles. The van der Waals surface area contributed by atoms with Crippen LogP contribution in [0, 0.1) is 0 Å². The molecule has 9 heteroatoms. The Morgan fingerprint density at radius 1 is 1.42 bits per heavy atom. The molecule has 0 fully saturated rings. The van der Waals surface area contributed by atoms with Crippen molar-refractivity contribution in [2.24, 2.45) is 0 Å². The van der Waals surface area contributed by atoms with Gasteiger partial charge in [-0.1, -0.05) is 0 Å². The second kappa shape index (κ2) is 4.74. The predicted octanol–water partition coefficient (Wildman–Crippen LogP) is 1.60. The van der Waals surface area contributed by atoms with Crippen LogP contribution in [-0.2, 0) is 10.0 Å². The van der Waals surface area contributed by atoms with Gasteiger partial charge in [-0.05, 0) is 6.92 Å². The van der Waals surface area contributed by atoms with Crippen molar-refractivity contribution in [1.82, 2.24) is 4.98 Å². The third kappa shape index (κ3) is 2.26. The van der Waals surface area contributed by atoms with Gasteiger partial charge in [0.15, 0.2) is 5.01 Å². The first kappa shape index (κ1) is 13.7. The van der Waals surface area contributed by atoms with Crippen LogP contribution in [0.2, 0.25) is 0 Å². The lowest BCUT2D eigenvalue weighted by atomic mass is 10.4. The van der Waals surface area contributed by atoms with Crippen molar-refractivity contribution in [3.8, 4) is 22.3 Å². The first-order chi connectivity index (χ1) is 8.88. The minimum atomic E-state index is -3.59. The zero-order valence-electron chi connectivity index (χ0n) is 10.2. The highest BCUT2D eigenvalue weighted by Gasteiger charge is 2.29. The Bertz CT molecular complexity index is 675. The van der Waals surface area contributed by atoms with Crippen LogP contribution in [0.15, 0.2) is 16.0 Å². The molecule has 7 nitrogen and oxygen atoms in total. The molecule has 2 rings (SSSR count). The van der Waals surface area contributed by atoms with Crippen LogP contribution in [0.1, 0.15) is 6.92 Å². The lowest BCUT2D eigenvalue weighted by Crippen LogP contribution is -2.27. The van der Waals surface area contributed by atoms with Gasteiger partial charge in [0.2, 0.25) is 27.3 Å². The predicted molar refractivity (Wildman–Crippen MR) is 71.0 cm³/mol. The Morgan fingerprint density at radius 2 is 2.11 bits per heavy atom. The molecule has 0 atom stereocenters.